The van der Waals surface area contributed by atoms with Gasteiger partial charge in [0.25, 0.3) is 0 Å². The maximum atomic E-state index is 13.6. The molecule has 1 nitrogen and oxygen atoms in total. The fraction of sp³-hybridized carbons (Fsp3) is 0.500. The van der Waals surface area contributed by atoms with Gasteiger partial charge in [-0.05, 0) is 42.9 Å². The summed E-state index contributed by atoms with van der Waals surface area (Å²) in [7, 11) is 0. The lowest BCUT2D eigenvalue weighted by Gasteiger charge is -2.71. The molecule has 2 N–H and O–H groups in total. The summed E-state index contributed by atoms with van der Waals surface area (Å²) in [6, 6.07) is 1.64. The Morgan fingerprint density at radius 2 is 1.56 bits per heavy atom. The van der Waals surface area contributed by atoms with Crippen LogP contribution in [-0.2, 0) is 5.41 Å². The molecule has 0 saturated heterocycles. The van der Waals surface area contributed by atoms with Gasteiger partial charge in [0, 0.05) is 11.5 Å². The van der Waals surface area contributed by atoms with Crippen LogP contribution in [0.5, 0.6) is 0 Å². The predicted molar refractivity (Wildman–Crippen MR) is 53.3 cm³/mol. The first-order chi connectivity index (χ1) is 7.50. The molecule has 16 heavy (non-hydrogen) atoms. The van der Waals surface area contributed by atoms with Gasteiger partial charge in [0.05, 0.1) is 0 Å². The molecule has 1 aromatic carbocycles. The maximum absolute atomic E-state index is 13.6. The van der Waals surface area contributed by atoms with Crippen LogP contribution < -0.4 is 5.73 Å². The quantitative estimate of drug-likeness (QED) is 0.772. The monoisotopic (exact) mass is 227 g/mol. The van der Waals surface area contributed by atoms with E-state index in [-0.39, 0.29) is 10.8 Å². The maximum Gasteiger partial charge on any atom is 0.161 e. The molecule has 0 spiro atoms. The van der Waals surface area contributed by atoms with E-state index < -0.39 is 17.5 Å². The zero-order valence-corrected chi connectivity index (χ0v) is 8.69. The summed E-state index contributed by atoms with van der Waals surface area (Å²) in [6.07, 6.45) is 2.41. The molecule has 0 radical (unpaired) electrons. The fourth-order valence-electron chi connectivity index (χ4n) is 3.43. The second-order valence-corrected chi connectivity index (χ2v) is 5.26. The lowest BCUT2D eigenvalue weighted by atomic mass is 9.33. The summed E-state index contributed by atoms with van der Waals surface area (Å²) in [6.45, 7) is 0.597. The number of nitrogens with two attached hydrogens (primary N) is 1. The van der Waals surface area contributed by atoms with Gasteiger partial charge >= 0.3 is 0 Å². The SMILES string of the molecule is NCC12CC(c3cc(F)c(F)cc3F)(C1)C2. The Morgan fingerprint density at radius 1 is 1.00 bits per heavy atom. The summed E-state index contributed by atoms with van der Waals surface area (Å²) < 4.78 is 39.4. The summed E-state index contributed by atoms with van der Waals surface area (Å²) in [4.78, 5) is 0. The molecular formula is C12H12F3N. The third-order valence-electron chi connectivity index (χ3n) is 4.15. The van der Waals surface area contributed by atoms with Gasteiger partial charge in [0.1, 0.15) is 5.82 Å². The van der Waals surface area contributed by atoms with Crippen molar-refractivity contribution in [3.63, 3.8) is 0 Å². The molecule has 3 saturated carbocycles. The molecule has 4 heteroatoms. The fourth-order valence-corrected chi connectivity index (χ4v) is 3.43. The second-order valence-electron chi connectivity index (χ2n) is 5.26. The van der Waals surface area contributed by atoms with Crippen LogP contribution in [-0.4, -0.2) is 6.54 Å². The van der Waals surface area contributed by atoms with Crippen LogP contribution in [0.25, 0.3) is 0 Å². The molecule has 3 aliphatic carbocycles. The highest BCUT2D eigenvalue weighted by molar-refractivity contribution is 5.40. The summed E-state index contributed by atoms with van der Waals surface area (Å²) in [5.41, 5.74) is 5.81. The van der Waals surface area contributed by atoms with Crippen molar-refractivity contribution >= 4 is 0 Å². The molecule has 2 bridgehead atoms. The normalized spacial score (nSPS) is 35.5. The third-order valence-corrected chi connectivity index (χ3v) is 4.15. The molecule has 0 unspecified atom stereocenters. The zero-order chi connectivity index (χ0) is 11.6. The molecule has 0 aromatic heterocycles. The minimum absolute atomic E-state index is 0.150. The number of halogens is 3. The number of hydrogen-bond acceptors (Lipinski definition) is 1. The van der Waals surface area contributed by atoms with Gasteiger partial charge in [-0.2, -0.15) is 0 Å². The second kappa shape index (κ2) is 2.80. The van der Waals surface area contributed by atoms with E-state index >= 15 is 0 Å². The average molecular weight is 227 g/mol. The largest absolute Gasteiger partial charge is 0.330 e. The minimum Gasteiger partial charge on any atom is -0.330 e. The first-order valence-electron chi connectivity index (χ1n) is 5.35. The van der Waals surface area contributed by atoms with Crippen LogP contribution >= 0.6 is 0 Å². The smallest absolute Gasteiger partial charge is 0.161 e. The van der Waals surface area contributed by atoms with Crippen LogP contribution in [0.15, 0.2) is 12.1 Å². The van der Waals surface area contributed by atoms with Gasteiger partial charge in [-0.25, -0.2) is 13.2 Å². The van der Waals surface area contributed by atoms with Crippen molar-refractivity contribution in [3.05, 3.63) is 35.1 Å². The molecule has 0 aliphatic heterocycles. The standard InChI is InChI=1S/C12H12F3N/c13-8-2-10(15)9(14)1-7(8)12-3-11(4-12,5-12)6-16/h1-2H,3-6,16H2. The zero-order valence-electron chi connectivity index (χ0n) is 8.69. The van der Waals surface area contributed by atoms with Gasteiger partial charge in [-0.15, -0.1) is 0 Å². The molecular weight excluding hydrogens is 215 g/mol. The minimum atomic E-state index is -1.12. The van der Waals surface area contributed by atoms with Crippen molar-refractivity contribution in [3.8, 4) is 0 Å². The lowest BCUT2D eigenvalue weighted by Crippen LogP contribution is -2.67. The van der Waals surface area contributed by atoms with Gasteiger partial charge in [0.15, 0.2) is 11.6 Å². The van der Waals surface area contributed by atoms with Gasteiger partial charge in [-0.3, -0.25) is 0 Å². The Bertz CT molecular complexity index is 450. The van der Waals surface area contributed by atoms with E-state index in [0.717, 1.165) is 25.3 Å². The van der Waals surface area contributed by atoms with E-state index in [1.54, 1.807) is 0 Å². The first kappa shape index (κ1) is 10.1. The topological polar surface area (TPSA) is 26.0 Å². The Balaban J connectivity index is 1.95. The molecule has 0 atom stereocenters. The Kier molecular flexibility index (Phi) is 1.78. The third kappa shape index (κ3) is 1.05. The summed E-state index contributed by atoms with van der Waals surface area (Å²) >= 11 is 0. The van der Waals surface area contributed by atoms with Crippen LogP contribution in [0, 0.1) is 22.9 Å². The number of benzene rings is 1. The van der Waals surface area contributed by atoms with Gasteiger partial charge in [-0.1, -0.05) is 0 Å². The molecule has 4 rings (SSSR count). The van der Waals surface area contributed by atoms with Gasteiger partial charge in [0.2, 0.25) is 0 Å². The molecule has 86 valence electrons. The average Bonchev–Trinajstić information content (AvgIpc) is 2.10. The van der Waals surface area contributed by atoms with Crippen molar-refractivity contribution in [2.75, 3.05) is 6.54 Å². The molecule has 3 fully saturated rings. The molecule has 3 aliphatic rings. The van der Waals surface area contributed by atoms with Crippen molar-refractivity contribution in [1.29, 1.82) is 0 Å². The van der Waals surface area contributed by atoms with Gasteiger partial charge < -0.3 is 5.73 Å². The predicted octanol–water partition coefficient (Wildman–Crippen LogP) is 2.48. The van der Waals surface area contributed by atoms with Crippen molar-refractivity contribution in [1.82, 2.24) is 0 Å². The van der Waals surface area contributed by atoms with Crippen LogP contribution in [0.3, 0.4) is 0 Å². The summed E-state index contributed by atoms with van der Waals surface area (Å²) in [5, 5.41) is 0. The Hall–Kier alpha value is -1.03. The van der Waals surface area contributed by atoms with Crippen molar-refractivity contribution < 1.29 is 13.2 Å². The number of hydrogen-bond donors (Lipinski definition) is 1. The van der Waals surface area contributed by atoms with Crippen LogP contribution in [0.2, 0.25) is 0 Å². The van der Waals surface area contributed by atoms with Crippen LogP contribution in [0.1, 0.15) is 24.8 Å². The van der Waals surface area contributed by atoms with E-state index in [1.165, 1.54) is 0 Å². The first-order valence-corrected chi connectivity index (χ1v) is 5.35. The van der Waals surface area contributed by atoms with Crippen molar-refractivity contribution in [2.45, 2.75) is 24.7 Å². The van der Waals surface area contributed by atoms with Crippen LogP contribution in [0.4, 0.5) is 13.2 Å². The molecule has 0 amide bonds. The van der Waals surface area contributed by atoms with E-state index in [1.807, 2.05) is 0 Å². The number of rotatable bonds is 2. The Morgan fingerprint density at radius 3 is 2.12 bits per heavy atom. The van der Waals surface area contributed by atoms with Crippen molar-refractivity contribution in [2.24, 2.45) is 11.1 Å². The van der Waals surface area contributed by atoms with E-state index in [0.29, 0.717) is 18.2 Å². The highest BCUT2D eigenvalue weighted by atomic mass is 19.2. The summed E-state index contributed by atoms with van der Waals surface area (Å²) in [5.74, 6) is -2.73. The molecule has 0 heterocycles. The van der Waals surface area contributed by atoms with E-state index in [9.17, 15) is 13.2 Å². The lowest BCUT2D eigenvalue weighted by molar-refractivity contribution is -0.134. The highest BCUT2D eigenvalue weighted by Gasteiger charge is 2.68. The van der Waals surface area contributed by atoms with E-state index in [4.69, 9.17) is 5.73 Å². The van der Waals surface area contributed by atoms with E-state index in [2.05, 4.69) is 0 Å². The molecule has 1 aromatic rings. The highest BCUT2D eigenvalue weighted by Crippen LogP contribution is 2.73. The Labute approximate surface area is 91.4 Å².